The summed E-state index contributed by atoms with van der Waals surface area (Å²) in [7, 11) is 5.05. The Morgan fingerprint density at radius 1 is 1.19 bits per heavy atom. The van der Waals surface area contributed by atoms with Gasteiger partial charge >= 0.3 is 0 Å². The minimum Gasteiger partial charge on any atom is -0.508 e. The molecule has 48 heavy (non-hydrogen) atoms. The number of aromatic hydroxyl groups is 1. The zero-order valence-electron chi connectivity index (χ0n) is 26.8. The normalized spacial score (nSPS) is 26.8. The second-order valence-corrected chi connectivity index (χ2v) is 14.2. The summed E-state index contributed by atoms with van der Waals surface area (Å²) in [4.78, 5) is 32.3. The lowest BCUT2D eigenvalue weighted by atomic mass is 9.58. The number of ether oxygens (including phenoxy) is 2. The van der Waals surface area contributed by atoms with E-state index in [1.807, 2.05) is 30.3 Å². The number of ketones is 2. The number of aliphatic hydroxyl groups excluding tert-OH is 1. The number of aliphatic hydroxyl groups is 2. The van der Waals surface area contributed by atoms with Gasteiger partial charge in [0, 0.05) is 42.3 Å². The average molecular weight is 727 g/mol. The summed E-state index contributed by atoms with van der Waals surface area (Å²) < 4.78 is 34.3. The molecule has 1 aliphatic heterocycles. The number of fused-ring (bicyclic) bond motifs is 4. The van der Waals surface area contributed by atoms with Crippen LogP contribution in [-0.2, 0) is 24.3 Å². The molecule has 0 saturated carbocycles. The Morgan fingerprint density at radius 2 is 1.94 bits per heavy atom. The van der Waals surface area contributed by atoms with Crippen molar-refractivity contribution in [3.63, 3.8) is 0 Å². The number of carbonyl (C=O) groups is 2. The largest absolute Gasteiger partial charge is 0.508 e. The first-order chi connectivity index (χ1) is 23.0. The number of likely N-dealkylation sites (tertiary alicyclic amines) is 1. The summed E-state index contributed by atoms with van der Waals surface area (Å²) in [6.45, 7) is 1.62. The van der Waals surface area contributed by atoms with Crippen molar-refractivity contribution in [2.24, 2.45) is 11.8 Å². The van der Waals surface area contributed by atoms with Crippen molar-refractivity contribution in [3.8, 4) is 11.6 Å². The van der Waals surface area contributed by atoms with Crippen LogP contribution in [0.3, 0.4) is 0 Å². The van der Waals surface area contributed by atoms with Crippen LogP contribution in [0, 0.1) is 17.7 Å². The Hall–Kier alpha value is -3.62. The van der Waals surface area contributed by atoms with Crippen LogP contribution in [0.2, 0.25) is 0 Å². The van der Waals surface area contributed by atoms with Crippen LogP contribution in [0.15, 0.2) is 50.7 Å². The molecule has 0 spiro atoms. The fourth-order valence-corrected chi connectivity index (χ4v) is 8.85. The van der Waals surface area contributed by atoms with Gasteiger partial charge in [-0.05, 0) is 78.9 Å². The SMILES string of the molecule is COC[C@@H]1CCCN1Cc1c(F)c2c(c(OCc3ccccc3)c1Br)C(=O)C1=C(O)[C@]3(O)C(=O)c4c(O)noc4[C@@H](N(C)C)[C@@H]3C[C@@H]1C2. The summed E-state index contributed by atoms with van der Waals surface area (Å²) in [5.74, 6) is -5.34. The van der Waals surface area contributed by atoms with Crippen LogP contribution in [0.25, 0.3) is 0 Å². The molecule has 3 aromatic rings. The molecule has 1 fully saturated rings. The van der Waals surface area contributed by atoms with E-state index < -0.39 is 52.5 Å². The molecule has 11 nitrogen and oxygen atoms in total. The van der Waals surface area contributed by atoms with E-state index in [1.165, 1.54) is 0 Å². The van der Waals surface area contributed by atoms with Gasteiger partial charge in [-0.1, -0.05) is 30.3 Å². The maximum Gasteiger partial charge on any atom is 0.263 e. The van der Waals surface area contributed by atoms with Crippen molar-refractivity contribution in [2.75, 3.05) is 34.4 Å². The molecule has 0 unspecified atom stereocenters. The highest BCUT2D eigenvalue weighted by molar-refractivity contribution is 9.10. The summed E-state index contributed by atoms with van der Waals surface area (Å²) >= 11 is 3.59. The highest BCUT2D eigenvalue weighted by Crippen LogP contribution is 2.57. The predicted octanol–water partition coefficient (Wildman–Crippen LogP) is 4.89. The number of rotatable bonds is 8. The van der Waals surface area contributed by atoms with Crippen molar-refractivity contribution in [2.45, 2.75) is 56.5 Å². The summed E-state index contributed by atoms with van der Waals surface area (Å²) in [6, 6.07) is 8.67. The number of allylic oxidation sites excluding steroid dienone is 1. The fourth-order valence-electron chi connectivity index (χ4n) is 8.23. The van der Waals surface area contributed by atoms with Gasteiger partial charge in [0.05, 0.1) is 22.7 Å². The van der Waals surface area contributed by atoms with Crippen molar-refractivity contribution in [1.29, 1.82) is 0 Å². The Kier molecular flexibility index (Phi) is 8.48. The molecule has 0 radical (unpaired) electrons. The Labute approximate surface area is 285 Å². The van der Waals surface area contributed by atoms with Gasteiger partial charge < -0.3 is 29.3 Å². The van der Waals surface area contributed by atoms with E-state index in [4.69, 9.17) is 14.0 Å². The third-order valence-corrected chi connectivity index (χ3v) is 11.3. The van der Waals surface area contributed by atoms with Gasteiger partial charge in [-0.15, -0.1) is 0 Å². The van der Waals surface area contributed by atoms with Gasteiger partial charge in [-0.3, -0.25) is 19.4 Å². The van der Waals surface area contributed by atoms with Crippen LogP contribution in [0.5, 0.6) is 11.6 Å². The molecule has 2 aromatic carbocycles. The maximum atomic E-state index is 16.9. The zero-order valence-corrected chi connectivity index (χ0v) is 28.4. The molecule has 3 aliphatic carbocycles. The van der Waals surface area contributed by atoms with Crippen LogP contribution in [0.1, 0.15) is 68.5 Å². The van der Waals surface area contributed by atoms with Crippen molar-refractivity contribution in [3.05, 3.63) is 85.5 Å². The molecule has 254 valence electrons. The number of hydrogen-bond acceptors (Lipinski definition) is 11. The molecule has 1 aromatic heterocycles. The zero-order chi connectivity index (χ0) is 34.1. The molecule has 0 amide bonds. The summed E-state index contributed by atoms with van der Waals surface area (Å²) in [6.07, 6.45) is 1.93. The minimum absolute atomic E-state index is 0.0191. The summed E-state index contributed by atoms with van der Waals surface area (Å²) in [5.41, 5.74) is -1.79. The van der Waals surface area contributed by atoms with Crippen LogP contribution in [-0.4, -0.2) is 87.8 Å². The lowest BCUT2D eigenvalue weighted by molar-refractivity contribution is -0.0559. The maximum absolute atomic E-state index is 16.9. The number of aromatic nitrogens is 1. The number of methoxy groups -OCH3 is 1. The second kappa shape index (κ2) is 12.4. The van der Waals surface area contributed by atoms with Gasteiger partial charge in [-0.25, -0.2) is 4.39 Å². The van der Waals surface area contributed by atoms with E-state index in [-0.39, 0.29) is 70.3 Å². The van der Waals surface area contributed by atoms with Crippen molar-refractivity contribution < 1.29 is 43.3 Å². The molecule has 2 heterocycles. The van der Waals surface area contributed by atoms with Gasteiger partial charge in [0.2, 0.25) is 5.78 Å². The summed E-state index contributed by atoms with van der Waals surface area (Å²) in [5, 5.41) is 37.9. The number of nitrogens with zero attached hydrogens (tertiary/aromatic N) is 3. The standard InChI is InChI=1S/C35H37BrFN3O8/c1-39(2)28-22-13-18-12-20-24(29(41)23(18)32(42)35(22,45)33(43)25-31(28)48-38-34(25)44)30(47-15-17-8-5-4-6-9-17)26(36)21(27(20)37)14-40-11-7-10-19(40)16-46-3/h4-6,8-9,18-19,22,28,42,45H,7,10-16H2,1-3H3,(H,38,44)/t18-,19-,22-,28-,35-/m0/s1. The first-order valence-electron chi connectivity index (χ1n) is 16.0. The topological polar surface area (TPSA) is 146 Å². The molecular weight excluding hydrogens is 689 g/mol. The Bertz CT molecular complexity index is 1830. The van der Waals surface area contributed by atoms with E-state index in [0.29, 0.717) is 12.2 Å². The Balaban J connectivity index is 1.37. The van der Waals surface area contributed by atoms with Gasteiger partial charge in [-0.2, -0.15) is 0 Å². The molecule has 13 heteroatoms. The molecule has 0 bridgehead atoms. The first-order valence-corrected chi connectivity index (χ1v) is 16.8. The van der Waals surface area contributed by atoms with Crippen molar-refractivity contribution in [1.82, 2.24) is 15.0 Å². The van der Waals surface area contributed by atoms with E-state index >= 15 is 4.39 Å². The van der Waals surface area contributed by atoms with Crippen LogP contribution in [0.4, 0.5) is 4.39 Å². The minimum atomic E-state index is -2.56. The fraction of sp³-hybridized carbons (Fsp3) is 0.457. The molecule has 5 atom stereocenters. The second-order valence-electron chi connectivity index (χ2n) is 13.4. The predicted molar refractivity (Wildman–Crippen MR) is 173 cm³/mol. The third-order valence-electron chi connectivity index (χ3n) is 10.5. The smallest absolute Gasteiger partial charge is 0.263 e. The average Bonchev–Trinajstić information content (AvgIpc) is 3.67. The molecular formula is C35H37BrFN3O8. The highest BCUT2D eigenvalue weighted by atomic mass is 79.9. The quantitative estimate of drug-likeness (QED) is 0.292. The van der Waals surface area contributed by atoms with Gasteiger partial charge in [0.1, 0.15) is 29.5 Å². The number of halogens is 2. The van der Waals surface area contributed by atoms with E-state index in [2.05, 4.69) is 26.0 Å². The highest BCUT2D eigenvalue weighted by Gasteiger charge is 2.64. The Morgan fingerprint density at radius 3 is 2.65 bits per heavy atom. The molecule has 3 N–H and O–H groups in total. The van der Waals surface area contributed by atoms with E-state index in [0.717, 1.165) is 24.9 Å². The molecule has 1 saturated heterocycles. The number of benzene rings is 2. The third kappa shape index (κ3) is 4.93. The van der Waals surface area contributed by atoms with Crippen molar-refractivity contribution >= 4 is 27.5 Å². The van der Waals surface area contributed by atoms with E-state index in [1.54, 1.807) is 26.1 Å². The number of carbonyl (C=O) groups excluding carboxylic acids is 2. The lowest BCUT2D eigenvalue weighted by Gasteiger charge is -2.49. The number of Topliss-reactive ketones (excluding diaryl/α,β-unsaturated/α-hetero) is 2. The van der Waals surface area contributed by atoms with Crippen LogP contribution < -0.4 is 4.74 Å². The van der Waals surface area contributed by atoms with Gasteiger partial charge in [0.25, 0.3) is 5.88 Å². The molecule has 7 rings (SSSR count). The monoisotopic (exact) mass is 725 g/mol. The van der Waals surface area contributed by atoms with Gasteiger partial charge in [0.15, 0.2) is 17.1 Å². The number of hydrogen-bond donors (Lipinski definition) is 3. The van der Waals surface area contributed by atoms with E-state index in [9.17, 15) is 24.9 Å². The van der Waals surface area contributed by atoms with Crippen LogP contribution >= 0.6 is 15.9 Å². The molecule has 4 aliphatic rings. The first kappa shape index (κ1) is 32.9. The lowest BCUT2D eigenvalue weighted by Crippen LogP contribution is -2.59.